The summed E-state index contributed by atoms with van der Waals surface area (Å²) in [4.78, 5) is 28.7. The van der Waals surface area contributed by atoms with Crippen molar-refractivity contribution in [1.29, 1.82) is 0 Å². The second-order valence-corrected chi connectivity index (χ2v) is 7.32. The van der Waals surface area contributed by atoms with E-state index >= 15 is 0 Å². The van der Waals surface area contributed by atoms with Crippen LogP contribution in [0.3, 0.4) is 0 Å². The molecule has 0 radical (unpaired) electrons. The molecule has 0 atom stereocenters. The van der Waals surface area contributed by atoms with Crippen molar-refractivity contribution in [3.8, 4) is 11.5 Å². The number of nitrogens with zero attached hydrogens (tertiary/aromatic N) is 4. The molecule has 3 heterocycles. The highest BCUT2D eigenvalue weighted by molar-refractivity contribution is 5.94. The number of benzene rings is 1. The van der Waals surface area contributed by atoms with Crippen molar-refractivity contribution in [1.82, 2.24) is 24.9 Å². The molecule has 0 saturated carbocycles. The maximum absolute atomic E-state index is 12.4. The molecule has 1 fully saturated rings. The Labute approximate surface area is 169 Å². The summed E-state index contributed by atoms with van der Waals surface area (Å²) in [6.45, 7) is 5.78. The van der Waals surface area contributed by atoms with Crippen molar-refractivity contribution in [2.24, 2.45) is 7.05 Å². The molecule has 0 bridgehead atoms. The molecule has 2 amide bonds. The van der Waals surface area contributed by atoms with E-state index in [9.17, 15) is 9.59 Å². The standard InChI is InChI=1S/C20H25N5O4/c1-14-9-16(22-23(14)2)20(27)21-11-19(26)25-7-5-24(6-8-25)12-15-3-4-17-18(10-15)29-13-28-17/h3-4,9-10H,5-8,11-13H2,1-2H3,(H,21,27). The third-order valence-corrected chi connectivity index (χ3v) is 5.31. The van der Waals surface area contributed by atoms with Gasteiger partial charge in [-0.15, -0.1) is 0 Å². The second-order valence-electron chi connectivity index (χ2n) is 7.32. The largest absolute Gasteiger partial charge is 0.454 e. The van der Waals surface area contributed by atoms with Gasteiger partial charge in [0.15, 0.2) is 11.5 Å². The third-order valence-electron chi connectivity index (χ3n) is 5.31. The number of piperazine rings is 1. The van der Waals surface area contributed by atoms with Gasteiger partial charge in [0.25, 0.3) is 5.91 Å². The lowest BCUT2D eigenvalue weighted by atomic mass is 10.1. The van der Waals surface area contributed by atoms with Gasteiger partial charge in [-0.3, -0.25) is 19.2 Å². The molecule has 0 unspecified atom stereocenters. The number of hydrogen-bond acceptors (Lipinski definition) is 6. The molecule has 29 heavy (non-hydrogen) atoms. The van der Waals surface area contributed by atoms with E-state index in [2.05, 4.69) is 15.3 Å². The summed E-state index contributed by atoms with van der Waals surface area (Å²) in [6.07, 6.45) is 0. The van der Waals surface area contributed by atoms with Gasteiger partial charge in [-0.2, -0.15) is 5.10 Å². The van der Waals surface area contributed by atoms with Crippen LogP contribution in [-0.4, -0.2) is 70.9 Å². The van der Waals surface area contributed by atoms with Crippen LogP contribution in [0.15, 0.2) is 24.3 Å². The van der Waals surface area contributed by atoms with Gasteiger partial charge in [-0.1, -0.05) is 6.07 Å². The van der Waals surface area contributed by atoms with Crippen LogP contribution in [0.25, 0.3) is 0 Å². The van der Waals surface area contributed by atoms with Gasteiger partial charge in [-0.05, 0) is 30.7 Å². The van der Waals surface area contributed by atoms with Crippen molar-refractivity contribution < 1.29 is 19.1 Å². The predicted molar refractivity (Wildman–Crippen MR) is 105 cm³/mol. The molecular weight excluding hydrogens is 374 g/mol. The van der Waals surface area contributed by atoms with Crippen molar-refractivity contribution >= 4 is 11.8 Å². The van der Waals surface area contributed by atoms with E-state index in [0.29, 0.717) is 18.8 Å². The zero-order valence-electron chi connectivity index (χ0n) is 16.7. The normalized spacial score (nSPS) is 16.1. The summed E-state index contributed by atoms with van der Waals surface area (Å²) in [7, 11) is 1.78. The maximum Gasteiger partial charge on any atom is 0.272 e. The molecule has 9 heteroatoms. The Morgan fingerprint density at radius 1 is 1.10 bits per heavy atom. The summed E-state index contributed by atoms with van der Waals surface area (Å²) in [6, 6.07) is 7.69. The van der Waals surface area contributed by atoms with Crippen LogP contribution in [0.2, 0.25) is 0 Å². The fourth-order valence-electron chi connectivity index (χ4n) is 3.48. The Balaban J connectivity index is 1.22. The Morgan fingerprint density at radius 2 is 1.86 bits per heavy atom. The third kappa shape index (κ3) is 4.34. The first-order chi connectivity index (χ1) is 14.0. The van der Waals surface area contributed by atoms with Crippen LogP contribution >= 0.6 is 0 Å². The number of carbonyl (C=O) groups excluding carboxylic acids is 2. The molecular formula is C20H25N5O4. The minimum absolute atomic E-state index is 0.0172. The number of amides is 2. The summed E-state index contributed by atoms with van der Waals surface area (Å²) >= 11 is 0. The average Bonchev–Trinajstić information content (AvgIpc) is 3.32. The predicted octanol–water partition coefficient (Wildman–Crippen LogP) is 0.531. The number of ether oxygens (including phenoxy) is 2. The smallest absolute Gasteiger partial charge is 0.272 e. The van der Waals surface area contributed by atoms with E-state index in [-0.39, 0.29) is 25.2 Å². The van der Waals surface area contributed by atoms with Gasteiger partial charge in [0, 0.05) is 45.5 Å². The minimum Gasteiger partial charge on any atom is -0.454 e. The summed E-state index contributed by atoms with van der Waals surface area (Å²) in [5.74, 6) is 1.17. The maximum atomic E-state index is 12.4. The van der Waals surface area contributed by atoms with Crippen LogP contribution in [0.4, 0.5) is 0 Å². The van der Waals surface area contributed by atoms with Crippen LogP contribution in [0, 0.1) is 6.92 Å². The zero-order chi connectivity index (χ0) is 20.4. The molecule has 1 saturated heterocycles. The molecule has 2 aromatic rings. The quantitative estimate of drug-likeness (QED) is 0.789. The monoisotopic (exact) mass is 399 g/mol. The first-order valence-electron chi connectivity index (χ1n) is 9.67. The van der Waals surface area contributed by atoms with E-state index in [1.54, 1.807) is 22.7 Å². The first kappa shape index (κ1) is 19.3. The topological polar surface area (TPSA) is 88.9 Å². The average molecular weight is 399 g/mol. The molecule has 4 rings (SSSR count). The Kier molecular flexibility index (Phi) is 5.39. The van der Waals surface area contributed by atoms with Gasteiger partial charge in [0.05, 0.1) is 6.54 Å². The Hall–Kier alpha value is -3.07. The van der Waals surface area contributed by atoms with E-state index < -0.39 is 0 Å². The highest BCUT2D eigenvalue weighted by atomic mass is 16.7. The van der Waals surface area contributed by atoms with Gasteiger partial charge < -0.3 is 19.7 Å². The number of carbonyl (C=O) groups is 2. The molecule has 2 aliphatic rings. The zero-order valence-corrected chi connectivity index (χ0v) is 16.7. The SMILES string of the molecule is Cc1cc(C(=O)NCC(=O)N2CCN(Cc3ccc4c(c3)OCO4)CC2)nn1C. The van der Waals surface area contributed by atoms with Gasteiger partial charge in [0.2, 0.25) is 12.7 Å². The van der Waals surface area contributed by atoms with Gasteiger partial charge in [0.1, 0.15) is 5.69 Å². The molecule has 1 aromatic heterocycles. The second kappa shape index (κ2) is 8.12. The van der Waals surface area contributed by atoms with Crippen molar-refractivity contribution in [3.63, 3.8) is 0 Å². The minimum atomic E-state index is -0.330. The van der Waals surface area contributed by atoms with Crippen LogP contribution in [0.5, 0.6) is 11.5 Å². The molecule has 9 nitrogen and oxygen atoms in total. The highest BCUT2D eigenvalue weighted by Crippen LogP contribution is 2.32. The first-order valence-corrected chi connectivity index (χ1v) is 9.67. The summed E-state index contributed by atoms with van der Waals surface area (Å²) in [5, 5.41) is 6.79. The van der Waals surface area contributed by atoms with Gasteiger partial charge >= 0.3 is 0 Å². The number of fused-ring (bicyclic) bond motifs is 1. The van der Waals surface area contributed by atoms with Gasteiger partial charge in [-0.25, -0.2) is 0 Å². The number of hydrogen-bond donors (Lipinski definition) is 1. The molecule has 154 valence electrons. The lowest BCUT2D eigenvalue weighted by molar-refractivity contribution is -0.131. The molecule has 2 aliphatic heterocycles. The lowest BCUT2D eigenvalue weighted by Gasteiger charge is -2.34. The van der Waals surface area contributed by atoms with Crippen molar-refractivity contribution in [3.05, 3.63) is 41.2 Å². The Bertz CT molecular complexity index is 898. The number of rotatable bonds is 5. The summed E-state index contributed by atoms with van der Waals surface area (Å²) in [5.41, 5.74) is 2.37. The van der Waals surface area contributed by atoms with Crippen LogP contribution in [-0.2, 0) is 18.4 Å². The molecule has 1 N–H and O–H groups in total. The lowest BCUT2D eigenvalue weighted by Crippen LogP contribution is -2.50. The van der Waals surface area contributed by atoms with E-state index in [4.69, 9.17) is 9.47 Å². The fourth-order valence-corrected chi connectivity index (χ4v) is 3.48. The molecule has 1 aromatic carbocycles. The van der Waals surface area contributed by atoms with E-state index in [1.165, 1.54) is 0 Å². The number of aromatic nitrogens is 2. The number of nitrogens with one attached hydrogen (secondary N) is 1. The van der Waals surface area contributed by atoms with E-state index in [0.717, 1.165) is 42.4 Å². The highest BCUT2D eigenvalue weighted by Gasteiger charge is 2.22. The number of aryl methyl sites for hydroxylation is 2. The van der Waals surface area contributed by atoms with Crippen LogP contribution in [0.1, 0.15) is 21.7 Å². The van der Waals surface area contributed by atoms with E-state index in [1.807, 2.05) is 25.1 Å². The molecule has 0 aliphatic carbocycles. The molecule has 0 spiro atoms. The van der Waals surface area contributed by atoms with Crippen LogP contribution < -0.4 is 14.8 Å². The fraction of sp³-hybridized carbons (Fsp3) is 0.450. The summed E-state index contributed by atoms with van der Waals surface area (Å²) < 4.78 is 12.4. The Morgan fingerprint density at radius 3 is 2.59 bits per heavy atom. The van der Waals surface area contributed by atoms with Crippen molar-refractivity contribution in [2.45, 2.75) is 13.5 Å². The van der Waals surface area contributed by atoms with Crippen molar-refractivity contribution in [2.75, 3.05) is 39.5 Å².